The molecule has 0 saturated carbocycles. The highest BCUT2D eigenvalue weighted by molar-refractivity contribution is 5.15. The Labute approximate surface area is 169 Å². The van der Waals surface area contributed by atoms with E-state index in [-0.39, 0.29) is 0 Å². The molecule has 0 aliphatic heterocycles. The van der Waals surface area contributed by atoms with Crippen LogP contribution in [-0.4, -0.2) is 59.1 Å². The molecular formula is C15H16F16O. The topological polar surface area (TPSA) is 20.2 Å². The lowest BCUT2D eigenvalue weighted by molar-refractivity contribution is -0.453. The zero-order chi connectivity index (χ0) is 26.2. The zero-order valence-electron chi connectivity index (χ0n) is 15.7. The van der Waals surface area contributed by atoms with Crippen LogP contribution in [0, 0.1) is 0 Å². The van der Waals surface area contributed by atoms with Gasteiger partial charge < -0.3 is 5.11 Å². The summed E-state index contributed by atoms with van der Waals surface area (Å²) >= 11 is 0. The number of hydrogen-bond donors (Lipinski definition) is 1. The Balaban J connectivity index is 6.58. The number of aliphatic hydroxyl groups excluding tert-OH is 1. The van der Waals surface area contributed by atoms with Crippen LogP contribution >= 0.6 is 0 Å². The van der Waals surface area contributed by atoms with Gasteiger partial charge in [0, 0.05) is 19.4 Å². The SMILES string of the molecule is CCCCC(F)(F)C(F)(F)C(F)(F)C(F)(F)C(F)(F)C(F)(F)C(F)(F)C(F)(F)CCCO. The highest BCUT2D eigenvalue weighted by atomic mass is 19.4. The van der Waals surface area contributed by atoms with Gasteiger partial charge in [0.05, 0.1) is 0 Å². The Morgan fingerprint density at radius 2 is 0.688 bits per heavy atom. The summed E-state index contributed by atoms with van der Waals surface area (Å²) in [5.41, 5.74) is 0. The molecular weight excluding hydrogens is 500 g/mol. The molecule has 1 N–H and O–H groups in total. The molecule has 0 bridgehead atoms. The maximum Gasteiger partial charge on any atom is 0.384 e. The average molecular weight is 516 g/mol. The van der Waals surface area contributed by atoms with Crippen molar-refractivity contribution in [1.82, 2.24) is 0 Å². The van der Waals surface area contributed by atoms with Gasteiger partial charge in [0.1, 0.15) is 0 Å². The molecule has 194 valence electrons. The van der Waals surface area contributed by atoms with Crippen LogP contribution in [0.4, 0.5) is 70.2 Å². The van der Waals surface area contributed by atoms with Crippen molar-refractivity contribution in [2.24, 2.45) is 0 Å². The summed E-state index contributed by atoms with van der Waals surface area (Å²) < 4.78 is 216. The van der Waals surface area contributed by atoms with Crippen molar-refractivity contribution in [3.05, 3.63) is 0 Å². The van der Waals surface area contributed by atoms with Crippen LogP contribution in [-0.2, 0) is 0 Å². The van der Waals surface area contributed by atoms with Gasteiger partial charge in [0.25, 0.3) is 0 Å². The van der Waals surface area contributed by atoms with Gasteiger partial charge in [-0.15, -0.1) is 0 Å². The molecule has 0 amide bonds. The number of alkyl halides is 16. The molecule has 0 aromatic rings. The van der Waals surface area contributed by atoms with Crippen LogP contribution in [0.25, 0.3) is 0 Å². The highest BCUT2D eigenvalue weighted by Crippen LogP contribution is 2.64. The molecule has 0 radical (unpaired) electrons. The molecule has 0 aliphatic rings. The Kier molecular flexibility index (Phi) is 8.57. The molecule has 17 heteroatoms. The smallest absolute Gasteiger partial charge is 0.384 e. The third-order valence-corrected chi connectivity index (χ3v) is 4.38. The minimum absolute atomic E-state index is 0.434. The first kappa shape index (κ1) is 30.8. The predicted octanol–water partition coefficient (Wildman–Crippen LogP) is 7.03. The predicted molar refractivity (Wildman–Crippen MR) is 75.4 cm³/mol. The molecule has 0 heterocycles. The Hall–Kier alpha value is -1.16. The van der Waals surface area contributed by atoms with Crippen molar-refractivity contribution in [3.63, 3.8) is 0 Å². The van der Waals surface area contributed by atoms with Crippen molar-refractivity contribution in [1.29, 1.82) is 0 Å². The van der Waals surface area contributed by atoms with Crippen LogP contribution < -0.4 is 0 Å². The number of aliphatic hydroxyl groups is 1. The summed E-state index contributed by atoms with van der Waals surface area (Å²) in [6.07, 6.45) is -7.85. The monoisotopic (exact) mass is 516 g/mol. The van der Waals surface area contributed by atoms with Gasteiger partial charge in [-0.3, -0.25) is 0 Å². The van der Waals surface area contributed by atoms with Gasteiger partial charge in [0.15, 0.2) is 0 Å². The lowest BCUT2D eigenvalue weighted by Crippen LogP contribution is -2.74. The molecule has 0 saturated heterocycles. The summed E-state index contributed by atoms with van der Waals surface area (Å²) in [7, 11) is 0. The van der Waals surface area contributed by atoms with Crippen molar-refractivity contribution in [3.8, 4) is 0 Å². The van der Waals surface area contributed by atoms with E-state index < -0.39 is 86.1 Å². The second kappa shape index (κ2) is 8.89. The first-order valence-corrected chi connectivity index (χ1v) is 8.50. The second-order valence-electron chi connectivity index (χ2n) is 6.79. The summed E-state index contributed by atoms with van der Waals surface area (Å²) in [6, 6.07) is 0. The van der Waals surface area contributed by atoms with Gasteiger partial charge in [-0.1, -0.05) is 13.3 Å². The van der Waals surface area contributed by atoms with Crippen LogP contribution in [0.3, 0.4) is 0 Å². The number of unbranched alkanes of at least 4 members (excludes halogenated alkanes) is 1. The average Bonchev–Trinajstić information content (AvgIpc) is 2.63. The van der Waals surface area contributed by atoms with Gasteiger partial charge in [0.2, 0.25) is 0 Å². The number of halogens is 16. The molecule has 0 fully saturated rings. The maximum absolute atomic E-state index is 13.6. The lowest BCUT2D eigenvalue weighted by Gasteiger charge is -2.43. The van der Waals surface area contributed by atoms with E-state index in [1.807, 2.05) is 0 Å². The quantitative estimate of drug-likeness (QED) is 0.261. The Bertz CT molecular complexity index is 573. The molecule has 0 atom stereocenters. The minimum atomic E-state index is -8.39. The molecule has 32 heavy (non-hydrogen) atoms. The van der Waals surface area contributed by atoms with Crippen molar-refractivity contribution < 1.29 is 75.4 Å². The van der Waals surface area contributed by atoms with Crippen molar-refractivity contribution >= 4 is 0 Å². The molecule has 0 aromatic carbocycles. The highest BCUT2D eigenvalue weighted by Gasteiger charge is 2.94. The second-order valence-corrected chi connectivity index (χ2v) is 6.79. The fourth-order valence-corrected chi connectivity index (χ4v) is 2.26. The fraction of sp³-hybridized carbons (Fsp3) is 1.00. The van der Waals surface area contributed by atoms with Crippen molar-refractivity contribution in [2.45, 2.75) is 86.4 Å². The molecule has 0 aliphatic carbocycles. The summed E-state index contributed by atoms with van der Waals surface area (Å²) in [6.45, 7) is -0.393. The maximum atomic E-state index is 13.6. The molecule has 1 nitrogen and oxygen atoms in total. The van der Waals surface area contributed by atoms with Crippen LogP contribution in [0.1, 0.15) is 39.0 Å². The van der Waals surface area contributed by atoms with E-state index in [1.54, 1.807) is 0 Å². The third kappa shape index (κ3) is 4.33. The van der Waals surface area contributed by atoms with E-state index in [4.69, 9.17) is 5.11 Å². The zero-order valence-corrected chi connectivity index (χ0v) is 15.7. The van der Waals surface area contributed by atoms with E-state index in [0.717, 1.165) is 6.92 Å². The van der Waals surface area contributed by atoms with E-state index in [9.17, 15) is 70.2 Å². The van der Waals surface area contributed by atoms with E-state index in [2.05, 4.69) is 0 Å². The molecule has 0 unspecified atom stereocenters. The fourth-order valence-electron chi connectivity index (χ4n) is 2.26. The van der Waals surface area contributed by atoms with Crippen molar-refractivity contribution in [2.75, 3.05) is 6.61 Å². The lowest BCUT2D eigenvalue weighted by atomic mass is 9.86. The Morgan fingerprint density at radius 3 is 0.938 bits per heavy atom. The summed E-state index contributed by atoms with van der Waals surface area (Å²) in [5.74, 6) is -60.7. The number of hydrogen-bond acceptors (Lipinski definition) is 1. The minimum Gasteiger partial charge on any atom is -0.396 e. The first-order valence-electron chi connectivity index (χ1n) is 8.50. The Morgan fingerprint density at radius 1 is 0.438 bits per heavy atom. The molecule has 0 spiro atoms. The largest absolute Gasteiger partial charge is 0.396 e. The molecule has 0 aromatic heterocycles. The van der Waals surface area contributed by atoms with Gasteiger partial charge in [-0.25, -0.2) is 0 Å². The van der Waals surface area contributed by atoms with Crippen LogP contribution in [0.2, 0.25) is 0 Å². The van der Waals surface area contributed by atoms with Gasteiger partial charge in [-0.05, 0) is 12.8 Å². The number of rotatable bonds is 13. The standard InChI is InChI=1S/C15H16F16O/c1-2-3-5-8(16,17)10(20,21)12(24,25)14(28,29)15(30,31)13(26,27)11(22,23)9(18,19)6-4-7-32/h32H,2-7H2,1H3. The van der Waals surface area contributed by atoms with Gasteiger partial charge >= 0.3 is 47.4 Å². The van der Waals surface area contributed by atoms with E-state index in [1.165, 1.54) is 0 Å². The van der Waals surface area contributed by atoms with E-state index in [0.29, 0.717) is 0 Å². The third-order valence-electron chi connectivity index (χ3n) is 4.38. The van der Waals surface area contributed by atoms with Crippen LogP contribution in [0.5, 0.6) is 0 Å². The van der Waals surface area contributed by atoms with E-state index >= 15 is 0 Å². The normalized spacial score (nSPS) is 15.9. The summed E-state index contributed by atoms with van der Waals surface area (Å²) in [5, 5.41) is 8.23. The van der Waals surface area contributed by atoms with Gasteiger partial charge in [-0.2, -0.15) is 70.2 Å². The first-order chi connectivity index (χ1) is 13.9. The van der Waals surface area contributed by atoms with Crippen LogP contribution in [0.15, 0.2) is 0 Å². The molecule has 0 rings (SSSR count). The summed E-state index contributed by atoms with van der Waals surface area (Å²) in [4.78, 5) is 0.